The van der Waals surface area contributed by atoms with Gasteiger partial charge >= 0.3 is 0 Å². The maximum atomic E-state index is 5.20. The third kappa shape index (κ3) is 0.412. The second kappa shape index (κ2) is 0.954. The lowest BCUT2D eigenvalue weighted by atomic mass is 10.3. The molecule has 29 valence electrons. The van der Waals surface area contributed by atoms with Gasteiger partial charge in [0.2, 0.25) is 0 Å². The van der Waals surface area contributed by atoms with Crippen LogP contribution >= 0.6 is 0 Å². The molecule has 0 bridgehead atoms. The van der Waals surface area contributed by atoms with Gasteiger partial charge in [-0.3, -0.25) is 0 Å². The fraction of sp³-hybridized carbons (Fsp3) is 0.667. The van der Waals surface area contributed by atoms with Crippen molar-refractivity contribution in [2.24, 2.45) is 5.73 Å². The van der Waals surface area contributed by atoms with Crippen LogP contribution in [0.15, 0.2) is 0 Å². The molecular weight excluding hydrogens is 66.0 g/mol. The minimum atomic E-state index is 0.218. The highest BCUT2D eigenvalue weighted by Crippen LogP contribution is 1.99. The van der Waals surface area contributed by atoms with E-state index in [1.807, 2.05) is 0 Å². The summed E-state index contributed by atoms with van der Waals surface area (Å²) in [5.41, 5.74) is 5.20. The van der Waals surface area contributed by atoms with Crippen LogP contribution in [0.2, 0.25) is 0 Å². The van der Waals surface area contributed by atoms with Gasteiger partial charge in [0.1, 0.15) is 6.61 Å². The zero-order valence-corrected chi connectivity index (χ0v) is 2.85. The van der Waals surface area contributed by atoms with Crippen LogP contribution in [-0.4, -0.2) is 12.6 Å². The van der Waals surface area contributed by atoms with E-state index in [-0.39, 0.29) is 6.04 Å². The molecule has 0 amide bonds. The highest BCUT2D eigenvalue weighted by molar-refractivity contribution is 4.78. The molecule has 0 aliphatic carbocycles. The van der Waals surface area contributed by atoms with E-state index in [0.717, 1.165) is 0 Å². The van der Waals surface area contributed by atoms with Crippen LogP contribution < -0.4 is 5.73 Å². The van der Waals surface area contributed by atoms with Crippen molar-refractivity contribution in [3.05, 3.63) is 6.61 Å². The van der Waals surface area contributed by atoms with Crippen molar-refractivity contribution >= 4 is 0 Å². The van der Waals surface area contributed by atoms with Gasteiger partial charge in [-0.15, -0.1) is 0 Å². The van der Waals surface area contributed by atoms with Crippen molar-refractivity contribution in [3.8, 4) is 0 Å². The molecule has 1 atom stereocenters. The maximum Gasteiger partial charge on any atom is 0.103 e. The average molecular weight is 72.1 g/mol. The lowest BCUT2D eigenvalue weighted by Gasteiger charge is -2.19. The first-order valence-corrected chi connectivity index (χ1v) is 1.60. The van der Waals surface area contributed by atoms with E-state index in [4.69, 9.17) is 5.73 Å². The van der Waals surface area contributed by atoms with Crippen LogP contribution in [-0.2, 0) is 4.74 Å². The Bertz CT molecular complexity index is 33.9. The maximum absolute atomic E-state index is 5.20. The number of hydrogen-bond donors (Lipinski definition) is 1. The molecule has 1 saturated heterocycles. The first kappa shape index (κ1) is 3.12. The van der Waals surface area contributed by atoms with E-state index < -0.39 is 0 Å². The topological polar surface area (TPSA) is 35.2 Å². The molecule has 0 aromatic rings. The van der Waals surface area contributed by atoms with Crippen LogP contribution in [0.4, 0.5) is 0 Å². The predicted octanol–water partition coefficient (Wildman–Crippen LogP) is -0.494. The Balaban J connectivity index is 2.08. The molecule has 2 heteroatoms. The standard InChI is InChI=1S/C3H6NO/c4-3-1-5-2-3/h1,3H,2,4H2. The zero-order chi connectivity index (χ0) is 3.70. The Labute approximate surface area is 30.9 Å². The highest BCUT2D eigenvalue weighted by Gasteiger charge is 2.11. The number of rotatable bonds is 0. The van der Waals surface area contributed by atoms with Gasteiger partial charge in [0.15, 0.2) is 0 Å². The molecular formula is C3H6NO. The number of ether oxygens (including phenoxy) is 1. The Morgan fingerprint density at radius 3 is 2.40 bits per heavy atom. The van der Waals surface area contributed by atoms with Crippen molar-refractivity contribution < 1.29 is 4.74 Å². The third-order valence-corrected chi connectivity index (χ3v) is 0.560. The van der Waals surface area contributed by atoms with Gasteiger partial charge in [-0.25, -0.2) is 0 Å². The SMILES string of the molecule is NC1[CH]OC1. The average Bonchev–Trinajstić information content (AvgIpc) is 1.30. The van der Waals surface area contributed by atoms with Crippen LogP contribution in [0.3, 0.4) is 0 Å². The van der Waals surface area contributed by atoms with Crippen molar-refractivity contribution in [1.82, 2.24) is 0 Å². The molecule has 1 heterocycles. The van der Waals surface area contributed by atoms with Crippen molar-refractivity contribution in [1.29, 1.82) is 0 Å². The Hall–Kier alpha value is -0.0800. The fourth-order valence-corrected chi connectivity index (χ4v) is 0.207. The molecule has 1 fully saturated rings. The second-order valence-electron chi connectivity index (χ2n) is 1.13. The van der Waals surface area contributed by atoms with E-state index in [1.54, 1.807) is 6.61 Å². The van der Waals surface area contributed by atoms with E-state index >= 15 is 0 Å². The van der Waals surface area contributed by atoms with Crippen molar-refractivity contribution in [2.75, 3.05) is 6.61 Å². The first-order valence-electron chi connectivity index (χ1n) is 1.60. The fourth-order valence-electron chi connectivity index (χ4n) is 0.207. The molecule has 1 aliphatic heterocycles. The van der Waals surface area contributed by atoms with Gasteiger partial charge in [0.25, 0.3) is 0 Å². The molecule has 1 radical (unpaired) electrons. The van der Waals surface area contributed by atoms with Crippen LogP contribution in [0.5, 0.6) is 0 Å². The summed E-state index contributed by atoms with van der Waals surface area (Å²) >= 11 is 0. The van der Waals surface area contributed by atoms with Gasteiger partial charge in [-0.2, -0.15) is 0 Å². The normalized spacial score (nSPS) is 25.8. The Morgan fingerprint density at radius 1 is 2.00 bits per heavy atom. The van der Waals surface area contributed by atoms with E-state index in [2.05, 4.69) is 4.74 Å². The van der Waals surface area contributed by atoms with E-state index in [9.17, 15) is 0 Å². The number of nitrogens with two attached hydrogens (primary N) is 1. The minimum Gasteiger partial charge on any atom is -0.372 e. The molecule has 0 aromatic carbocycles. The summed E-state index contributed by atoms with van der Waals surface area (Å²) in [6, 6.07) is 0.218. The van der Waals surface area contributed by atoms with Crippen molar-refractivity contribution in [3.63, 3.8) is 0 Å². The highest BCUT2D eigenvalue weighted by atomic mass is 16.5. The summed E-state index contributed by atoms with van der Waals surface area (Å²) in [5, 5.41) is 0. The van der Waals surface area contributed by atoms with Gasteiger partial charge in [-0.05, 0) is 0 Å². The largest absolute Gasteiger partial charge is 0.372 e. The predicted molar refractivity (Wildman–Crippen MR) is 18.2 cm³/mol. The summed E-state index contributed by atoms with van der Waals surface area (Å²) < 4.78 is 4.58. The van der Waals surface area contributed by atoms with Crippen LogP contribution in [0.1, 0.15) is 0 Å². The van der Waals surface area contributed by atoms with Crippen LogP contribution in [0, 0.1) is 6.61 Å². The molecule has 0 spiro atoms. The third-order valence-electron chi connectivity index (χ3n) is 0.560. The number of hydrogen-bond acceptors (Lipinski definition) is 2. The monoisotopic (exact) mass is 72.0 g/mol. The van der Waals surface area contributed by atoms with E-state index in [0.29, 0.717) is 6.61 Å². The molecule has 0 saturated carbocycles. The quantitative estimate of drug-likeness (QED) is 0.419. The molecule has 1 unspecified atom stereocenters. The first-order chi connectivity index (χ1) is 2.39. The molecule has 0 aromatic heterocycles. The lowest BCUT2D eigenvalue weighted by molar-refractivity contribution is 0.0794. The molecule has 1 rings (SSSR count). The van der Waals surface area contributed by atoms with Gasteiger partial charge < -0.3 is 10.5 Å². The second-order valence-corrected chi connectivity index (χ2v) is 1.13. The van der Waals surface area contributed by atoms with Gasteiger partial charge in [-0.1, -0.05) is 0 Å². The van der Waals surface area contributed by atoms with Crippen LogP contribution in [0.25, 0.3) is 0 Å². The molecule has 5 heavy (non-hydrogen) atoms. The zero-order valence-electron chi connectivity index (χ0n) is 2.85. The molecule has 1 aliphatic rings. The molecule has 2 N–H and O–H groups in total. The minimum absolute atomic E-state index is 0.218. The Kier molecular flexibility index (Phi) is 0.596. The van der Waals surface area contributed by atoms with E-state index in [1.165, 1.54) is 0 Å². The molecule has 2 nitrogen and oxygen atoms in total. The smallest absolute Gasteiger partial charge is 0.103 e. The lowest BCUT2D eigenvalue weighted by Crippen LogP contribution is -2.36. The Morgan fingerprint density at radius 2 is 2.40 bits per heavy atom. The summed E-state index contributed by atoms with van der Waals surface area (Å²) in [6.07, 6.45) is 0. The summed E-state index contributed by atoms with van der Waals surface area (Å²) in [4.78, 5) is 0. The summed E-state index contributed by atoms with van der Waals surface area (Å²) in [5.74, 6) is 0. The van der Waals surface area contributed by atoms with Gasteiger partial charge in [0.05, 0.1) is 12.6 Å². The van der Waals surface area contributed by atoms with Crippen molar-refractivity contribution in [2.45, 2.75) is 6.04 Å². The summed E-state index contributed by atoms with van der Waals surface area (Å²) in [7, 11) is 0. The van der Waals surface area contributed by atoms with Gasteiger partial charge in [0, 0.05) is 0 Å². The summed E-state index contributed by atoms with van der Waals surface area (Å²) in [6.45, 7) is 2.33.